The number of carbonyl (C=O) groups excluding carboxylic acids is 1. The van der Waals surface area contributed by atoms with Crippen molar-refractivity contribution in [2.45, 2.75) is 25.9 Å². The Hall–Kier alpha value is -3.66. The molecule has 0 spiro atoms. The summed E-state index contributed by atoms with van der Waals surface area (Å²) in [6.07, 6.45) is 2.91. The number of fused-ring (bicyclic) bond motifs is 1. The molecule has 3 aromatic carbocycles. The lowest BCUT2D eigenvalue weighted by Crippen LogP contribution is -2.24. The molecule has 0 aliphatic carbocycles. The second kappa shape index (κ2) is 7.64. The van der Waals surface area contributed by atoms with Crippen LogP contribution >= 0.6 is 0 Å². The average Bonchev–Trinajstić information content (AvgIpc) is 3.38. The van der Waals surface area contributed by atoms with Gasteiger partial charge in [-0.2, -0.15) is 5.10 Å². The molecular formula is C26H23N3O. The maximum absolute atomic E-state index is 12.5. The normalized spacial score (nSPS) is 16.1. The first-order chi connectivity index (χ1) is 14.7. The Morgan fingerprint density at radius 3 is 2.33 bits per heavy atom. The standard InChI is InChI=1S/C26H23N3O/c1-19(30)29-26(16-24(27-29)21-12-6-3-7-13-21)23-18-28(17-20-10-4-2-5-11-20)25-15-9-8-14-22(23)25/h2-15,18,26H,16-17H2,1H3/t26-/m0/s1. The van der Waals surface area contributed by atoms with Crippen molar-refractivity contribution >= 4 is 22.5 Å². The number of para-hydroxylation sites is 1. The molecule has 1 atom stereocenters. The molecule has 4 heteroatoms. The van der Waals surface area contributed by atoms with Crippen molar-refractivity contribution in [3.63, 3.8) is 0 Å². The molecule has 0 saturated heterocycles. The Balaban J connectivity index is 1.56. The third-order valence-electron chi connectivity index (χ3n) is 5.71. The Kier molecular flexibility index (Phi) is 4.68. The van der Waals surface area contributed by atoms with Gasteiger partial charge in [0.2, 0.25) is 5.91 Å². The highest BCUT2D eigenvalue weighted by Gasteiger charge is 2.33. The van der Waals surface area contributed by atoms with Crippen molar-refractivity contribution < 1.29 is 4.79 Å². The zero-order valence-electron chi connectivity index (χ0n) is 16.9. The first-order valence-corrected chi connectivity index (χ1v) is 10.2. The summed E-state index contributed by atoms with van der Waals surface area (Å²) in [4.78, 5) is 12.5. The topological polar surface area (TPSA) is 37.6 Å². The molecule has 30 heavy (non-hydrogen) atoms. The zero-order chi connectivity index (χ0) is 20.5. The van der Waals surface area contributed by atoms with Crippen LogP contribution in [-0.2, 0) is 11.3 Å². The number of hydrazone groups is 1. The van der Waals surface area contributed by atoms with Crippen LogP contribution in [0, 0.1) is 0 Å². The van der Waals surface area contributed by atoms with Crippen LogP contribution in [0.15, 0.2) is 96.2 Å². The predicted octanol–water partition coefficient (Wildman–Crippen LogP) is 5.39. The first kappa shape index (κ1) is 18.4. The van der Waals surface area contributed by atoms with E-state index >= 15 is 0 Å². The van der Waals surface area contributed by atoms with Gasteiger partial charge in [-0.25, -0.2) is 5.01 Å². The van der Waals surface area contributed by atoms with Crippen LogP contribution < -0.4 is 0 Å². The van der Waals surface area contributed by atoms with Gasteiger partial charge in [0, 0.05) is 42.6 Å². The second-order valence-electron chi connectivity index (χ2n) is 7.71. The Labute approximate surface area is 176 Å². The summed E-state index contributed by atoms with van der Waals surface area (Å²) in [5.74, 6) is -0.0363. The average molecular weight is 393 g/mol. The highest BCUT2D eigenvalue weighted by atomic mass is 16.2. The molecule has 0 bridgehead atoms. The monoisotopic (exact) mass is 393 g/mol. The van der Waals surface area contributed by atoms with Gasteiger partial charge in [-0.15, -0.1) is 0 Å². The summed E-state index contributed by atoms with van der Waals surface area (Å²) in [5, 5.41) is 7.53. The molecule has 0 N–H and O–H groups in total. The van der Waals surface area contributed by atoms with Gasteiger partial charge in [0.25, 0.3) is 0 Å². The maximum Gasteiger partial charge on any atom is 0.240 e. The van der Waals surface area contributed by atoms with Crippen LogP contribution in [0.4, 0.5) is 0 Å². The van der Waals surface area contributed by atoms with E-state index in [9.17, 15) is 4.79 Å². The molecule has 0 unspecified atom stereocenters. The van der Waals surface area contributed by atoms with Gasteiger partial charge in [-0.05, 0) is 17.2 Å². The number of benzene rings is 3. The third-order valence-corrected chi connectivity index (χ3v) is 5.71. The number of aromatic nitrogens is 1. The highest BCUT2D eigenvalue weighted by molar-refractivity contribution is 6.03. The lowest BCUT2D eigenvalue weighted by molar-refractivity contribution is -0.130. The predicted molar refractivity (Wildman–Crippen MR) is 120 cm³/mol. The van der Waals surface area contributed by atoms with E-state index in [0.717, 1.165) is 23.4 Å². The molecule has 1 aromatic heterocycles. The molecule has 148 valence electrons. The van der Waals surface area contributed by atoms with Crippen LogP contribution in [-0.4, -0.2) is 21.2 Å². The number of rotatable bonds is 4. The minimum atomic E-state index is -0.0976. The smallest absolute Gasteiger partial charge is 0.240 e. The minimum absolute atomic E-state index is 0.0363. The van der Waals surface area contributed by atoms with E-state index in [1.165, 1.54) is 16.5 Å². The molecule has 4 aromatic rings. The second-order valence-corrected chi connectivity index (χ2v) is 7.71. The summed E-state index contributed by atoms with van der Waals surface area (Å²) in [5.41, 5.74) is 5.59. The summed E-state index contributed by atoms with van der Waals surface area (Å²) in [6.45, 7) is 2.38. The molecule has 0 fully saturated rings. The van der Waals surface area contributed by atoms with E-state index in [2.05, 4.69) is 71.4 Å². The van der Waals surface area contributed by atoms with Gasteiger partial charge in [0.05, 0.1) is 11.8 Å². The molecule has 0 saturated carbocycles. The van der Waals surface area contributed by atoms with E-state index in [0.29, 0.717) is 6.42 Å². The molecule has 1 amide bonds. The van der Waals surface area contributed by atoms with Crippen molar-refractivity contribution in [1.29, 1.82) is 0 Å². The minimum Gasteiger partial charge on any atom is -0.343 e. The molecule has 5 rings (SSSR count). The largest absolute Gasteiger partial charge is 0.343 e. The van der Waals surface area contributed by atoms with Crippen LogP contribution in [0.3, 0.4) is 0 Å². The van der Waals surface area contributed by atoms with Crippen molar-refractivity contribution in [1.82, 2.24) is 9.58 Å². The number of carbonyl (C=O) groups is 1. The number of hydrogen-bond acceptors (Lipinski definition) is 2. The fourth-order valence-electron chi connectivity index (χ4n) is 4.30. The van der Waals surface area contributed by atoms with Gasteiger partial charge < -0.3 is 4.57 Å². The quantitative estimate of drug-likeness (QED) is 0.458. The number of hydrogen-bond donors (Lipinski definition) is 0. The van der Waals surface area contributed by atoms with E-state index < -0.39 is 0 Å². The summed E-state index contributed by atoms with van der Waals surface area (Å²) in [7, 11) is 0. The molecule has 1 aliphatic rings. The summed E-state index contributed by atoms with van der Waals surface area (Å²) < 4.78 is 2.28. The fourth-order valence-corrected chi connectivity index (χ4v) is 4.30. The van der Waals surface area contributed by atoms with Crippen molar-refractivity contribution in [2.24, 2.45) is 5.10 Å². The summed E-state index contributed by atoms with van der Waals surface area (Å²) in [6, 6.07) is 28.9. The van der Waals surface area contributed by atoms with Gasteiger partial charge in [-0.3, -0.25) is 4.79 Å². The highest BCUT2D eigenvalue weighted by Crippen LogP contribution is 2.37. The third kappa shape index (κ3) is 3.30. The molecule has 4 nitrogen and oxygen atoms in total. The molecular weight excluding hydrogens is 370 g/mol. The van der Waals surface area contributed by atoms with Crippen molar-refractivity contribution in [3.8, 4) is 0 Å². The summed E-state index contributed by atoms with van der Waals surface area (Å²) >= 11 is 0. The van der Waals surface area contributed by atoms with Gasteiger partial charge in [0.15, 0.2) is 0 Å². The first-order valence-electron chi connectivity index (χ1n) is 10.2. The Morgan fingerprint density at radius 1 is 0.933 bits per heavy atom. The lowest BCUT2D eigenvalue weighted by atomic mass is 9.98. The van der Waals surface area contributed by atoms with Crippen molar-refractivity contribution in [2.75, 3.05) is 0 Å². The van der Waals surface area contributed by atoms with Gasteiger partial charge in [-0.1, -0.05) is 78.9 Å². The van der Waals surface area contributed by atoms with Crippen LogP contribution in [0.5, 0.6) is 0 Å². The van der Waals surface area contributed by atoms with Gasteiger partial charge in [0.1, 0.15) is 0 Å². The van der Waals surface area contributed by atoms with E-state index in [1.807, 2.05) is 24.3 Å². The van der Waals surface area contributed by atoms with Gasteiger partial charge >= 0.3 is 0 Å². The maximum atomic E-state index is 12.5. The lowest BCUT2D eigenvalue weighted by Gasteiger charge is -2.19. The zero-order valence-corrected chi connectivity index (χ0v) is 16.9. The van der Waals surface area contributed by atoms with Crippen LogP contribution in [0.1, 0.15) is 36.1 Å². The molecule has 1 aliphatic heterocycles. The SMILES string of the molecule is CC(=O)N1N=C(c2ccccc2)C[C@H]1c1cn(Cc2ccccc2)c2ccccc12. The number of amides is 1. The molecule has 2 heterocycles. The molecule has 0 radical (unpaired) electrons. The Morgan fingerprint density at radius 2 is 1.60 bits per heavy atom. The Bertz CT molecular complexity index is 1230. The van der Waals surface area contributed by atoms with Crippen LogP contribution in [0.25, 0.3) is 10.9 Å². The van der Waals surface area contributed by atoms with E-state index in [-0.39, 0.29) is 11.9 Å². The van der Waals surface area contributed by atoms with Crippen LogP contribution in [0.2, 0.25) is 0 Å². The van der Waals surface area contributed by atoms with Crippen molar-refractivity contribution in [3.05, 3.63) is 108 Å². The van der Waals surface area contributed by atoms with E-state index in [1.54, 1.807) is 11.9 Å². The number of nitrogens with zero attached hydrogens (tertiary/aromatic N) is 3. The van der Waals surface area contributed by atoms with E-state index in [4.69, 9.17) is 5.10 Å². The fraction of sp³-hybridized carbons (Fsp3) is 0.154.